The fourth-order valence-corrected chi connectivity index (χ4v) is 1.95. The predicted octanol–water partition coefficient (Wildman–Crippen LogP) is 4.51. The lowest BCUT2D eigenvalue weighted by Crippen LogP contribution is -2.12. The number of anilines is 1. The first kappa shape index (κ1) is 13.5. The molecule has 0 spiro atoms. The number of pyridine rings is 1. The number of rotatable bonds is 2. The molecule has 1 aromatic carbocycles. The van der Waals surface area contributed by atoms with E-state index in [4.69, 9.17) is 11.6 Å². The highest BCUT2D eigenvalue weighted by molar-refractivity contribution is 9.10. The van der Waals surface area contributed by atoms with Crippen molar-refractivity contribution in [3.05, 3.63) is 56.2 Å². The Bertz CT molecular complexity index is 587. The van der Waals surface area contributed by atoms with E-state index in [2.05, 4.69) is 42.2 Å². The Labute approximate surface area is 126 Å². The van der Waals surface area contributed by atoms with Crippen molar-refractivity contribution in [3.8, 4) is 0 Å². The lowest BCUT2D eigenvalue weighted by molar-refractivity contribution is 0.102. The monoisotopic (exact) mass is 388 g/mol. The van der Waals surface area contributed by atoms with E-state index in [9.17, 15) is 4.79 Å². The van der Waals surface area contributed by atoms with E-state index in [0.717, 1.165) is 4.47 Å². The van der Waals surface area contributed by atoms with E-state index in [1.54, 1.807) is 30.3 Å². The molecule has 3 nitrogen and oxygen atoms in total. The van der Waals surface area contributed by atoms with Gasteiger partial charge in [-0.15, -0.1) is 0 Å². The largest absolute Gasteiger partial charge is 0.322 e. The number of nitrogens with zero attached hydrogens (tertiary/aromatic N) is 1. The molecule has 0 aliphatic rings. The maximum atomic E-state index is 11.9. The Balaban J connectivity index is 2.16. The van der Waals surface area contributed by atoms with Crippen molar-refractivity contribution in [3.63, 3.8) is 0 Å². The molecule has 0 saturated heterocycles. The second kappa shape index (κ2) is 5.82. The molecule has 6 heteroatoms. The average molecular weight is 390 g/mol. The molecule has 0 bridgehead atoms. The van der Waals surface area contributed by atoms with Gasteiger partial charge in [-0.25, -0.2) is 4.98 Å². The van der Waals surface area contributed by atoms with Gasteiger partial charge in [0.2, 0.25) is 0 Å². The van der Waals surface area contributed by atoms with Gasteiger partial charge in [-0.1, -0.05) is 11.6 Å². The molecule has 92 valence electrons. The molecule has 2 rings (SSSR count). The molecule has 0 saturated carbocycles. The van der Waals surface area contributed by atoms with Gasteiger partial charge >= 0.3 is 0 Å². The van der Waals surface area contributed by atoms with Crippen LogP contribution >= 0.6 is 43.5 Å². The van der Waals surface area contributed by atoms with Crippen molar-refractivity contribution >= 4 is 55.1 Å². The molecular weight excluding hydrogens is 383 g/mol. The van der Waals surface area contributed by atoms with Crippen molar-refractivity contribution in [1.29, 1.82) is 0 Å². The third-order valence-corrected chi connectivity index (χ3v) is 3.87. The predicted molar refractivity (Wildman–Crippen MR) is 79.0 cm³/mol. The van der Waals surface area contributed by atoms with Gasteiger partial charge in [0.05, 0.1) is 10.6 Å². The summed E-state index contributed by atoms with van der Waals surface area (Å²) in [5, 5.41) is 3.29. The molecule has 0 radical (unpaired) electrons. The van der Waals surface area contributed by atoms with Gasteiger partial charge in [0.15, 0.2) is 0 Å². The second-order valence-corrected chi connectivity index (χ2v) is 5.53. The van der Waals surface area contributed by atoms with Crippen LogP contribution in [0.2, 0.25) is 5.02 Å². The minimum Gasteiger partial charge on any atom is -0.322 e. The number of carbonyl (C=O) groups excluding carboxylic acids is 1. The maximum absolute atomic E-state index is 11.9. The van der Waals surface area contributed by atoms with Crippen molar-refractivity contribution in [2.24, 2.45) is 0 Å². The number of carbonyl (C=O) groups is 1. The van der Waals surface area contributed by atoms with Crippen LogP contribution in [-0.4, -0.2) is 10.9 Å². The summed E-state index contributed by atoms with van der Waals surface area (Å²) in [5.41, 5.74) is 1.12. The number of hydrogen-bond acceptors (Lipinski definition) is 2. The Morgan fingerprint density at radius 3 is 2.61 bits per heavy atom. The van der Waals surface area contributed by atoms with Crippen LogP contribution in [0, 0.1) is 0 Å². The van der Waals surface area contributed by atoms with Crippen LogP contribution in [0.3, 0.4) is 0 Å². The Morgan fingerprint density at radius 1 is 1.22 bits per heavy atom. The minimum atomic E-state index is -0.228. The number of hydrogen-bond donors (Lipinski definition) is 1. The Kier molecular flexibility index (Phi) is 4.37. The van der Waals surface area contributed by atoms with Crippen LogP contribution in [0.1, 0.15) is 10.4 Å². The van der Waals surface area contributed by atoms with Crippen LogP contribution < -0.4 is 5.32 Å². The standard InChI is InChI=1S/C12H7Br2ClN2O/c13-9-3-2-8(5-10(9)15)17-12(18)7-1-4-11(14)16-6-7/h1-6H,(H,17,18). The minimum absolute atomic E-state index is 0.228. The molecule has 1 amide bonds. The van der Waals surface area contributed by atoms with Crippen LogP contribution in [0.4, 0.5) is 5.69 Å². The topological polar surface area (TPSA) is 42.0 Å². The Hall–Kier alpha value is -0.910. The third-order valence-electron chi connectivity index (χ3n) is 2.17. The zero-order chi connectivity index (χ0) is 13.1. The zero-order valence-corrected chi connectivity index (χ0v) is 12.9. The van der Waals surface area contributed by atoms with Gasteiger partial charge in [0.25, 0.3) is 5.91 Å². The molecule has 1 heterocycles. The number of amides is 1. The van der Waals surface area contributed by atoms with Crippen LogP contribution in [0.15, 0.2) is 45.6 Å². The van der Waals surface area contributed by atoms with Gasteiger partial charge in [0, 0.05) is 16.4 Å². The first-order valence-corrected chi connectivity index (χ1v) is 6.90. The van der Waals surface area contributed by atoms with Crippen molar-refractivity contribution < 1.29 is 4.79 Å². The molecule has 0 aliphatic carbocycles. The van der Waals surface area contributed by atoms with E-state index in [-0.39, 0.29) is 5.91 Å². The van der Waals surface area contributed by atoms with E-state index in [1.165, 1.54) is 6.20 Å². The summed E-state index contributed by atoms with van der Waals surface area (Å²) in [6, 6.07) is 8.62. The van der Waals surface area contributed by atoms with Crippen molar-refractivity contribution in [2.45, 2.75) is 0 Å². The smallest absolute Gasteiger partial charge is 0.257 e. The second-order valence-electron chi connectivity index (χ2n) is 3.45. The van der Waals surface area contributed by atoms with Crippen LogP contribution in [0.5, 0.6) is 0 Å². The fraction of sp³-hybridized carbons (Fsp3) is 0. The molecule has 0 unspecified atom stereocenters. The lowest BCUT2D eigenvalue weighted by Gasteiger charge is -2.06. The normalized spacial score (nSPS) is 10.2. The quantitative estimate of drug-likeness (QED) is 0.767. The summed E-state index contributed by atoms with van der Waals surface area (Å²) in [6.07, 6.45) is 1.50. The molecule has 18 heavy (non-hydrogen) atoms. The molecule has 1 N–H and O–H groups in total. The number of halogens is 3. The molecule has 1 aromatic heterocycles. The highest BCUT2D eigenvalue weighted by atomic mass is 79.9. The molecule has 0 fully saturated rings. The van der Waals surface area contributed by atoms with Gasteiger partial charge in [-0.05, 0) is 62.2 Å². The number of aromatic nitrogens is 1. The van der Waals surface area contributed by atoms with E-state index in [0.29, 0.717) is 20.9 Å². The van der Waals surface area contributed by atoms with Gasteiger partial charge < -0.3 is 5.32 Å². The highest BCUT2D eigenvalue weighted by Crippen LogP contribution is 2.25. The first-order chi connectivity index (χ1) is 8.56. The summed E-state index contributed by atoms with van der Waals surface area (Å²) >= 11 is 12.4. The average Bonchev–Trinajstić information content (AvgIpc) is 2.34. The van der Waals surface area contributed by atoms with Crippen LogP contribution in [0.25, 0.3) is 0 Å². The SMILES string of the molecule is O=C(Nc1ccc(Br)c(Cl)c1)c1ccc(Br)nc1. The first-order valence-electron chi connectivity index (χ1n) is 4.94. The maximum Gasteiger partial charge on any atom is 0.257 e. The third kappa shape index (κ3) is 3.31. The molecular formula is C12H7Br2ClN2O. The molecule has 0 atom stereocenters. The summed E-state index contributed by atoms with van der Waals surface area (Å²) in [5.74, 6) is -0.228. The number of nitrogens with one attached hydrogen (secondary N) is 1. The zero-order valence-electron chi connectivity index (χ0n) is 8.95. The van der Waals surface area contributed by atoms with E-state index >= 15 is 0 Å². The van der Waals surface area contributed by atoms with E-state index in [1.807, 2.05) is 0 Å². The molecule has 0 aliphatic heterocycles. The van der Waals surface area contributed by atoms with Gasteiger partial charge in [0.1, 0.15) is 4.60 Å². The summed E-state index contributed by atoms with van der Waals surface area (Å²) < 4.78 is 1.47. The molecule has 2 aromatic rings. The van der Waals surface area contributed by atoms with E-state index < -0.39 is 0 Å². The Morgan fingerprint density at radius 2 is 2.00 bits per heavy atom. The van der Waals surface area contributed by atoms with Crippen molar-refractivity contribution in [2.75, 3.05) is 5.32 Å². The summed E-state index contributed by atoms with van der Waals surface area (Å²) in [4.78, 5) is 15.9. The summed E-state index contributed by atoms with van der Waals surface area (Å²) in [6.45, 7) is 0. The number of benzene rings is 1. The van der Waals surface area contributed by atoms with Gasteiger partial charge in [-0.2, -0.15) is 0 Å². The van der Waals surface area contributed by atoms with Crippen LogP contribution in [-0.2, 0) is 0 Å². The fourth-order valence-electron chi connectivity index (χ4n) is 1.29. The lowest BCUT2D eigenvalue weighted by atomic mass is 10.2. The summed E-state index contributed by atoms with van der Waals surface area (Å²) in [7, 11) is 0. The van der Waals surface area contributed by atoms with Gasteiger partial charge in [-0.3, -0.25) is 4.79 Å². The van der Waals surface area contributed by atoms with Crippen molar-refractivity contribution in [1.82, 2.24) is 4.98 Å². The highest BCUT2D eigenvalue weighted by Gasteiger charge is 2.07.